The molecule has 1 saturated heterocycles. The Labute approximate surface area is 168 Å². The number of nitrogens with one attached hydrogen (secondary N) is 1. The molecule has 1 heterocycles. The maximum atomic E-state index is 6.00. The third kappa shape index (κ3) is 6.54. The van der Waals surface area contributed by atoms with E-state index in [0.717, 1.165) is 30.2 Å². The lowest BCUT2D eigenvalue weighted by Gasteiger charge is -2.23. The number of benzene rings is 1. The lowest BCUT2D eigenvalue weighted by molar-refractivity contribution is 0.267. The highest BCUT2D eigenvalue weighted by molar-refractivity contribution is 14.0. The summed E-state index contributed by atoms with van der Waals surface area (Å²) in [7, 11) is 1.64. The number of hydrogen-bond donors (Lipinski definition) is 2. The topological polar surface area (TPSA) is 72.1 Å². The van der Waals surface area contributed by atoms with E-state index in [4.69, 9.17) is 15.2 Å². The van der Waals surface area contributed by atoms with Crippen LogP contribution >= 0.6 is 24.0 Å². The number of halogens is 1. The molecule has 1 aromatic rings. The second kappa shape index (κ2) is 11.4. The van der Waals surface area contributed by atoms with E-state index in [1.807, 2.05) is 25.1 Å². The molecule has 1 atom stereocenters. The van der Waals surface area contributed by atoms with Crippen LogP contribution in [0, 0.1) is 0 Å². The van der Waals surface area contributed by atoms with Crippen LogP contribution in [-0.2, 0) is 6.54 Å². The minimum Gasteiger partial charge on any atom is -0.493 e. The van der Waals surface area contributed by atoms with E-state index in [2.05, 4.69) is 22.1 Å². The number of rotatable bonds is 8. The molecule has 3 N–H and O–H groups in total. The van der Waals surface area contributed by atoms with Gasteiger partial charge in [0, 0.05) is 12.6 Å². The molecule has 2 rings (SSSR count). The van der Waals surface area contributed by atoms with E-state index < -0.39 is 0 Å². The fourth-order valence-corrected chi connectivity index (χ4v) is 3.09. The van der Waals surface area contributed by atoms with Gasteiger partial charge in [-0.05, 0) is 50.6 Å². The van der Waals surface area contributed by atoms with Gasteiger partial charge < -0.3 is 20.5 Å². The maximum absolute atomic E-state index is 6.00. The first-order chi connectivity index (χ1) is 11.7. The van der Waals surface area contributed by atoms with Crippen LogP contribution in [-0.4, -0.2) is 50.3 Å². The number of ether oxygens (including phenoxy) is 2. The first-order valence-electron chi connectivity index (χ1n) is 8.75. The number of nitrogens with zero attached hydrogens (tertiary/aromatic N) is 2. The van der Waals surface area contributed by atoms with Crippen molar-refractivity contribution in [1.29, 1.82) is 0 Å². The standard InChI is InChI=1S/C18H30N4O2.HI/c1-4-22-10-6-7-15(22)13-21-18(19)20-12-14-8-9-16(23-3)17(11-14)24-5-2;/h8-9,11,15H,4-7,10,12-13H2,1-3H3,(H3,19,20,21);1H. The van der Waals surface area contributed by atoms with Crippen LogP contribution in [0.3, 0.4) is 0 Å². The Bertz CT molecular complexity index is 554. The van der Waals surface area contributed by atoms with Crippen molar-refractivity contribution in [3.63, 3.8) is 0 Å². The molecule has 0 saturated carbocycles. The summed E-state index contributed by atoms with van der Waals surface area (Å²) < 4.78 is 10.9. The number of likely N-dealkylation sites (N-methyl/N-ethyl adjacent to an activating group) is 1. The molecule has 1 unspecified atom stereocenters. The van der Waals surface area contributed by atoms with Crippen LogP contribution in [0.5, 0.6) is 11.5 Å². The van der Waals surface area contributed by atoms with Gasteiger partial charge in [-0.3, -0.25) is 4.90 Å². The molecule has 1 fully saturated rings. The molecule has 6 nitrogen and oxygen atoms in total. The molecule has 0 aromatic heterocycles. The number of guanidine groups is 1. The third-order valence-corrected chi connectivity index (χ3v) is 4.38. The molecule has 1 aliphatic rings. The zero-order valence-electron chi connectivity index (χ0n) is 15.5. The summed E-state index contributed by atoms with van der Waals surface area (Å²) in [5.74, 6) is 1.96. The van der Waals surface area contributed by atoms with Gasteiger partial charge in [-0.1, -0.05) is 13.0 Å². The average Bonchev–Trinajstić information content (AvgIpc) is 3.06. The molecule has 1 aliphatic heterocycles. The second-order valence-corrected chi connectivity index (χ2v) is 5.93. The Morgan fingerprint density at radius 3 is 2.84 bits per heavy atom. The molecule has 0 spiro atoms. The highest BCUT2D eigenvalue weighted by atomic mass is 127. The molecule has 0 radical (unpaired) electrons. The van der Waals surface area contributed by atoms with E-state index in [1.54, 1.807) is 7.11 Å². The molecule has 0 bridgehead atoms. The summed E-state index contributed by atoms with van der Waals surface area (Å²) in [6.45, 7) is 8.41. The smallest absolute Gasteiger partial charge is 0.188 e. The first kappa shape index (κ1) is 21.8. The highest BCUT2D eigenvalue weighted by Gasteiger charge is 2.22. The largest absolute Gasteiger partial charge is 0.493 e. The zero-order chi connectivity index (χ0) is 17.4. The number of aliphatic imine (C=N–C) groups is 1. The Morgan fingerprint density at radius 2 is 2.16 bits per heavy atom. The van der Waals surface area contributed by atoms with Crippen LogP contribution in [0.15, 0.2) is 23.2 Å². The van der Waals surface area contributed by atoms with Crippen molar-refractivity contribution in [2.75, 3.05) is 33.4 Å². The average molecular weight is 462 g/mol. The molecule has 0 amide bonds. The van der Waals surface area contributed by atoms with Gasteiger partial charge in [-0.2, -0.15) is 0 Å². The Balaban J connectivity index is 0.00000312. The van der Waals surface area contributed by atoms with E-state index in [0.29, 0.717) is 25.2 Å². The molecule has 25 heavy (non-hydrogen) atoms. The van der Waals surface area contributed by atoms with Gasteiger partial charge in [0.15, 0.2) is 17.5 Å². The monoisotopic (exact) mass is 462 g/mol. The van der Waals surface area contributed by atoms with E-state index in [9.17, 15) is 0 Å². The summed E-state index contributed by atoms with van der Waals surface area (Å²) in [6, 6.07) is 6.40. The van der Waals surface area contributed by atoms with E-state index >= 15 is 0 Å². The van der Waals surface area contributed by atoms with Gasteiger partial charge >= 0.3 is 0 Å². The van der Waals surface area contributed by atoms with Gasteiger partial charge in [0.1, 0.15) is 0 Å². The minimum atomic E-state index is 0. The minimum absolute atomic E-state index is 0. The first-order valence-corrected chi connectivity index (χ1v) is 8.75. The molecular formula is C18H31IN4O2. The maximum Gasteiger partial charge on any atom is 0.188 e. The summed E-state index contributed by atoms with van der Waals surface area (Å²) in [5.41, 5.74) is 7.05. The number of likely N-dealkylation sites (tertiary alicyclic amines) is 1. The summed E-state index contributed by atoms with van der Waals surface area (Å²) >= 11 is 0. The summed E-state index contributed by atoms with van der Waals surface area (Å²) in [4.78, 5) is 6.92. The van der Waals surface area contributed by atoms with Crippen molar-refractivity contribution < 1.29 is 9.47 Å². The SMILES string of the molecule is CCOc1cc(CN=C(N)NCC2CCCN2CC)ccc1OC.I. The Hall–Kier alpha value is -1.22. The number of methoxy groups -OCH3 is 1. The van der Waals surface area contributed by atoms with Crippen molar-refractivity contribution in [2.45, 2.75) is 39.3 Å². The van der Waals surface area contributed by atoms with Crippen molar-refractivity contribution in [3.05, 3.63) is 23.8 Å². The fraction of sp³-hybridized carbons (Fsp3) is 0.611. The quantitative estimate of drug-likeness (QED) is 0.353. The van der Waals surface area contributed by atoms with Gasteiger partial charge in [0.2, 0.25) is 0 Å². The van der Waals surface area contributed by atoms with Crippen molar-refractivity contribution >= 4 is 29.9 Å². The molecule has 1 aromatic carbocycles. The van der Waals surface area contributed by atoms with Crippen LogP contribution < -0.4 is 20.5 Å². The van der Waals surface area contributed by atoms with Crippen molar-refractivity contribution in [1.82, 2.24) is 10.2 Å². The van der Waals surface area contributed by atoms with E-state index in [1.165, 1.54) is 19.4 Å². The van der Waals surface area contributed by atoms with Crippen LogP contribution in [0.4, 0.5) is 0 Å². The Kier molecular flexibility index (Phi) is 9.96. The second-order valence-electron chi connectivity index (χ2n) is 5.93. The molecule has 7 heteroatoms. The lowest BCUT2D eigenvalue weighted by atomic mass is 10.2. The Morgan fingerprint density at radius 1 is 1.36 bits per heavy atom. The summed E-state index contributed by atoms with van der Waals surface area (Å²) in [5, 5.41) is 3.25. The van der Waals surface area contributed by atoms with Crippen LogP contribution in [0.1, 0.15) is 32.3 Å². The van der Waals surface area contributed by atoms with E-state index in [-0.39, 0.29) is 24.0 Å². The van der Waals surface area contributed by atoms with Crippen LogP contribution in [0.2, 0.25) is 0 Å². The predicted octanol–water partition coefficient (Wildman–Crippen LogP) is 2.60. The van der Waals surface area contributed by atoms with Gasteiger partial charge in [0.25, 0.3) is 0 Å². The fourth-order valence-electron chi connectivity index (χ4n) is 3.09. The van der Waals surface area contributed by atoms with Crippen molar-refractivity contribution in [2.24, 2.45) is 10.7 Å². The van der Waals surface area contributed by atoms with Gasteiger partial charge in [-0.15, -0.1) is 24.0 Å². The van der Waals surface area contributed by atoms with Crippen LogP contribution in [0.25, 0.3) is 0 Å². The predicted molar refractivity (Wildman–Crippen MR) is 113 cm³/mol. The highest BCUT2D eigenvalue weighted by Crippen LogP contribution is 2.28. The molecular weight excluding hydrogens is 431 g/mol. The molecule has 142 valence electrons. The third-order valence-electron chi connectivity index (χ3n) is 4.38. The van der Waals surface area contributed by atoms with Crippen molar-refractivity contribution in [3.8, 4) is 11.5 Å². The summed E-state index contributed by atoms with van der Waals surface area (Å²) in [6.07, 6.45) is 2.49. The number of hydrogen-bond acceptors (Lipinski definition) is 4. The zero-order valence-corrected chi connectivity index (χ0v) is 17.8. The normalized spacial score (nSPS) is 17.9. The van der Waals surface area contributed by atoms with Gasteiger partial charge in [0.05, 0.1) is 20.3 Å². The lowest BCUT2D eigenvalue weighted by Crippen LogP contribution is -2.42. The number of nitrogens with two attached hydrogens (primary N) is 1. The molecule has 0 aliphatic carbocycles. The van der Waals surface area contributed by atoms with Gasteiger partial charge in [-0.25, -0.2) is 4.99 Å².